The summed E-state index contributed by atoms with van der Waals surface area (Å²) in [4.78, 5) is 19.4. The Morgan fingerprint density at radius 2 is 2.00 bits per heavy atom. The Morgan fingerprint density at radius 3 is 2.79 bits per heavy atom. The summed E-state index contributed by atoms with van der Waals surface area (Å²) in [5, 5.41) is 11.1. The fraction of sp³-hybridized carbons (Fsp3) is 0.231. The van der Waals surface area contributed by atoms with E-state index in [0.29, 0.717) is 11.1 Å². The topological polar surface area (TPSA) is 102 Å². The molecular formula is C26H25N5O2. The Bertz CT molecular complexity index is 1380. The van der Waals surface area contributed by atoms with Gasteiger partial charge in [0.05, 0.1) is 11.6 Å². The molecule has 1 aliphatic rings. The fourth-order valence-electron chi connectivity index (χ4n) is 4.40. The van der Waals surface area contributed by atoms with Gasteiger partial charge < -0.3 is 20.0 Å². The van der Waals surface area contributed by atoms with Gasteiger partial charge in [-0.05, 0) is 54.4 Å². The molecule has 7 nitrogen and oxygen atoms in total. The van der Waals surface area contributed by atoms with Gasteiger partial charge in [-0.15, -0.1) is 0 Å². The lowest BCUT2D eigenvalue weighted by Crippen LogP contribution is -2.46. The summed E-state index contributed by atoms with van der Waals surface area (Å²) >= 11 is 0. The number of carbonyl (C=O) groups excluding carboxylic acids is 1. The molecule has 0 radical (unpaired) electrons. The maximum Gasteiger partial charge on any atom is 0.284 e. The van der Waals surface area contributed by atoms with Crippen molar-refractivity contribution in [2.75, 3.05) is 37.6 Å². The maximum absolute atomic E-state index is 11.3. The minimum absolute atomic E-state index is 0.193. The van der Waals surface area contributed by atoms with Gasteiger partial charge in [0.25, 0.3) is 5.91 Å². The predicted octanol–water partition coefficient (Wildman–Crippen LogP) is 4.11. The average Bonchev–Trinajstić information content (AvgIpc) is 3.45. The van der Waals surface area contributed by atoms with Crippen molar-refractivity contribution in [3.05, 3.63) is 71.6 Å². The molecule has 3 heterocycles. The number of primary amides is 1. The lowest BCUT2D eigenvalue weighted by atomic mass is 10.1. The first-order chi connectivity index (χ1) is 16.1. The Kier molecular flexibility index (Phi) is 5.59. The molecule has 1 saturated heterocycles. The Labute approximate surface area is 191 Å². The van der Waals surface area contributed by atoms with Crippen LogP contribution in [0.4, 0.5) is 5.69 Å². The molecule has 2 aromatic heterocycles. The molecule has 0 spiro atoms. The highest BCUT2D eigenvalue weighted by Gasteiger charge is 2.18. The van der Waals surface area contributed by atoms with Crippen molar-refractivity contribution in [2.45, 2.75) is 6.42 Å². The summed E-state index contributed by atoms with van der Waals surface area (Å²) in [6.07, 6.45) is 7.31. The third kappa shape index (κ3) is 4.34. The van der Waals surface area contributed by atoms with Crippen LogP contribution in [0.25, 0.3) is 27.9 Å². The second kappa shape index (κ2) is 8.85. The number of nitriles is 1. The largest absolute Gasteiger partial charge is 0.451 e. The van der Waals surface area contributed by atoms with Crippen LogP contribution in [-0.4, -0.2) is 48.5 Å². The third-order valence-corrected chi connectivity index (χ3v) is 6.23. The first kappa shape index (κ1) is 20.9. The van der Waals surface area contributed by atoms with Crippen molar-refractivity contribution in [1.29, 1.82) is 5.26 Å². The van der Waals surface area contributed by atoms with Crippen LogP contribution in [-0.2, 0) is 0 Å². The number of amides is 1. The highest BCUT2D eigenvalue weighted by molar-refractivity contribution is 5.95. The fourth-order valence-corrected chi connectivity index (χ4v) is 4.40. The van der Waals surface area contributed by atoms with E-state index in [9.17, 15) is 4.79 Å². The van der Waals surface area contributed by atoms with E-state index in [1.165, 1.54) is 0 Å². The summed E-state index contributed by atoms with van der Waals surface area (Å²) in [7, 11) is 0. The molecule has 33 heavy (non-hydrogen) atoms. The molecule has 5 rings (SSSR count). The number of rotatable bonds is 6. The van der Waals surface area contributed by atoms with Gasteiger partial charge in [0.2, 0.25) is 0 Å². The van der Waals surface area contributed by atoms with Crippen molar-refractivity contribution in [3.63, 3.8) is 0 Å². The summed E-state index contributed by atoms with van der Waals surface area (Å²) in [6.45, 7) is 4.92. The molecule has 1 fully saturated rings. The van der Waals surface area contributed by atoms with Crippen molar-refractivity contribution >= 4 is 39.5 Å². The van der Waals surface area contributed by atoms with Gasteiger partial charge in [0.15, 0.2) is 5.76 Å². The highest BCUT2D eigenvalue weighted by atomic mass is 16.3. The third-order valence-electron chi connectivity index (χ3n) is 6.23. The molecular weight excluding hydrogens is 414 g/mol. The smallest absolute Gasteiger partial charge is 0.284 e. The second-order valence-corrected chi connectivity index (χ2v) is 8.33. The predicted molar refractivity (Wildman–Crippen MR) is 130 cm³/mol. The van der Waals surface area contributed by atoms with E-state index >= 15 is 0 Å². The molecule has 166 valence electrons. The second-order valence-electron chi connectivity index (χ2n) is 8.33. The Balaban J connectivity index is 1.15. The molecule has 0 aliphatic carbocycles. The number of carbonyl (C=O) groups is 1. The molecule has 0 bridgehead atoms. The number of benzene rings is 2. The van der Waals surface area contributed by atoms with Gasteiger partial charge in [-0.3, -0.25) is 9.69 Å². The number of nitrogens with two attached hydrogens (primary N) is 1. The van der Waals surface area contributed by atoms with Crippen LogP contribution in [0, 0.1) is 11.3 Å². The number of aromatic amines is 1. The standard InChI is InChI=1S/C26H25N5O2/c27-16-18-4-6-23-22(13-18)19(17-29-23)3-1-2-8-30-9-11-31(12-10-30)21-5-7-24-20(14-21)15-25(33-24)26(28)32/h1,3-7,13-15,17,29H,2,8-12H2,(H2,28,32)/b3-1+. The van der Waals surface area contributed by atoms with Gasteiger partial charge in [0, 0.05) is 60.9 Å². The number of hydrogen-bond donors (Lipinski definition) is 2. The zero-order chi connectivity index (χ0) is 22.8. The SMILES string of the molecule is N#Cc1ccc2[nH]cc(/C=C/CCN3CCN(c4ccc5oc(C(N)=O)cc5c4)CC3)c2c1. The van der Waals surface area contributed by atoms with Gasteiger partial charge >= 0.3 is 0 Å². The lowest BCUT2D eigenvalue weighted by molar-refractivity contribution is 0.0976. The number of fused-ring (bicyclic) bond motifs is 2. The first-order valence-corrected chi connectivity index (χ1v) is 11.1. The number of H-pyrrole nitrogens is 1. The van der Waals surface area contributed by atoms with Gasteiger partial charge in [-0.1, -0.05) is 12.2 Å². The van der Waals surface area contributed by atoms with Crippen molar-refractivity contribution < 1.29 is 9.21 Å². The van der Waals surface area contributed by atoms with Crippen LogP contribution in [0.15, 0.2) is 59.2 Å². The number of nitrogens with one attached hydrogen (secondary N) is 1. The molecule has 1 aliphatic heterocycles. The van der Waals surface area contributed by atoms with Crippen LogP contribution < -0.4 is 10.6 Å². The van der Waals surface area contributed by atoms with E-state index < -0.39 is 5.91 Å². The number of piperazine rings is 1. The molecule has 1 amide bonds. The number of aromatic nitrogens is 1. The van der Waals surface area contributed by atoms with Crippen molar-refractivity contribution in [2.24, 2.45) is 5.73 Å². The van der Waals surface area contributed by atoms with Crippen LogP contribution in [0.3, 0.4) is 0 Å². The highest BCUT2D eigenvalue weighted by Crippen LogP contribution is 2.26. The first-order valence-electron chi connectivity index (χ1n) is 11.1. The number of hydrogen-bond acceptors (Lipinski definition) is 5. The van der Waals surface area contributed by atoms with Gasteiger partial charge in [0.1, 0.15) is 5.58 Å². The average molecular weight is 440 g/mol. The van der Waals surface area contributed by atoms with Crippen molar-refractivity contribution in [1.82, 2.24) is 9.88 Å². The summed E-state index contributed by atoms with van der Waals surface area (Å²) in [5.74, 6) is -0.356. The quantitative estimate of drug-likeness (QED) is 0.471. The van der Waals surface area contributed by atoms with Gasteiger partial charge in [-0.25, -0.2) is 0 Å². The maximum atomic E-state index is 11.3. The van der Waals surface area contributed by atoms with E-state index in [-0.39, 0.29) is 5.76 Å². The Hall–Kier alpha value is -4.02. The number of nitrogens with zero attached hydrogens (tertiary/aromatic N) is 3. The molecule has 4 aromatic rings. The van der Waals surface area contributed by atoms with E-state index in [4.69, 9.17) is 15.4 Å². The molecule has 0 saturated carbocycles. The van der Waals surface area contributed by atoms with Crippen LogP contribution in [0.1, 0.15) is 28.1 Å². The zero-order valence-electron chi connectivity index (χ0n) is 18.3. The van der Waals surface area contributed by atoms with Crippen LogP contribution in [0.5, 0.6) is 0 Å². The molecule has 3 N–H and O–H groups in total. The van der Waals surface area contributed by atoms with E-state index in [1.807, 2.05) is 36.5 Å². The minimum Gasteiger partial charge on any atom is -0.451 e. The zero-order valence-corrected chi connectivity index (χ0v) is 18.3. The van der Waals surface area contributed by atoms with E-state index in [2.05, 4.69) is 39.1 Å². The monoisotopic (exact) mass is 439 g/mol. The molecule has 2 aromatic carbocycles. The summed E-state index contributed by atoms with van der Waals surface area (Å²) in [6, 6.07) is 15.6. The van der Waals surface area contributed by atoms with Gasteiger partial charge in [-0.2, -0.15) is 5.26 Å². The Morgan fingerprint density at radius 1 is 1.15 bits per heavy atom. The normalized spacial score (nSPS) is 14.9. The minimum atomic E-state index is -0.549. The molecule has 0 unspecified atom stereocenters. The van der Waals surface area contributed by atoms with E-state index in [1.54, 1.807) is 6.07 Å². The number of anilines is 1. The lowest BCUT2D eigenvalue weighted by Gasteiger charge is -2.36. The van der Waals surface area contributed by atoms with Crippen molar-refractivity contribution in [3.8, 4) is 6.07 Å². The summed E-state index contributed by atoms with van der Waals surface area (Å²) < 4.78 is 5.48. The van der Waals surface area contributed by atoms with Crippen LogP contribution in [0.2, 0.25) is 0 Å². The molecule has 7 heteroatoms. The van der Waals surface area contributed by atoms with Crippen LogP contribution >= 0.6 is 0 Å². The molecule has 0 atom stereocenters. The van der Waals surface area contributed by atoms with E-state index in [0.717, 1.165) is 66.7 Å². The number of furan rings is 1. The summed E-state index contributed by atoms with van der Waals surface area (Å²) in [5.41, 5.74) is 9.97.